The van der Waals surface area contributed by atoms with E-state index in [1.165, 1.54) is 12.1 Å². The van der Waals surface area contributed by atoms with Gasteiger partial charge in [0.1, 0.15) is 23.4 Å². The Morgan fingerprint density at radius 1 is 1.26 bits per heavy atom. The fourth-order valence-corrected chi connectivity index (χ4v) is 4.03. The molecule has 1 N–H and O–H groups in total. The highest BCUT2D eigenvalue weighted by Crippen LogP contribution is 2.44. The van der Waals surface area contributed by atoms with Crippen LogP contribution >= 0.6 is 0 Å². The maximum atomic E-state index is 13.9. The standard InChI is InChI=1S/C20H17FN4O2/c1-11-22-20-23-15-9-13(17-6-3-7-27-17)10-16(26)18(15)19(25(20)24-11)12-4-2-5-14(21)8-12/h2-8,13,19H,9-10H2,1H3,(H,22,23,24)/t13-,19-/m1/s1. The van der Waals surface area contributed by atoms with Crippen LogP contribution in [0, 0.1) is 12.7 Å². The maximum Gasteiger partial charge on any atom is 0.226 e. The van der Waals surface area contributed by atoms with Crippen LogP contribution in [-0.2, 0) is 4.79 Å². The molecule has 136 valence electrons. The smallest absolute Gasteiger partial charge is 0.226 e. The quantitative estimate of drug-likeness (QED) is 0.750. The van der Waals surface area contributed by atoms with Gasteiger partial charge < -0.3 is 9.73 Å². The Morgan fingerprint density at radius 3 is 2.93 bits per heavy atom. The van der Waals surface area contributed by atoms with Gasteiger partial charge in [0, 0.05) is 23.6 Å². The third-order valence-corrected chi connectivity index (χ3v) is 5.14. The van der Waals surface area contributed by atoms with Gasteiger partial charge in [0.15, 0.2) is 5.78 Å². The molecule has 7 heteroatoms. The number of aryl methyl sites for hydroxylation is 1. The topological polar surface area (TPSA) is 73.0 Å². The second-order valence-electron chi connectivity index (χ2n) is 6.95. The minimum atomic E-state index is -0.488. The van der Waals surface area contributed by atoms with E-state index in [1.807, 2.05) is 18.2 Å². The van der Waals surface area contributed by atoms with Crippen LogP contribution in [0.1, 0.15) is 41.9 Å². The number of hydrogen-bond donors (Lipinski definition) is 1. The van der Waals surface area contributed by atoms with Crippen molar-refractivity contribution in [1.29, 1.82) is 0 Å². The highest BCUT2D eigenvalue weighted by atomic mass is 19.1. The molecule has 5 rings (SSSR count). The summed E-state index contributed by atoms with van der Waals surface area (Å²) in [6.07, 6.45) is 2.60. The number of fused-ring (bicyclic) bond motifs is 1. The summed E-state index contributed by atoms with van der Waals surface area (Å²) in [4.78, 5) is 17.6. The van der Waals surface area contributed by atoms with Crippen LogP contribution < -0.4 is 5.32 Å². The SMILES string of the molecule is Cc1nc2n(n1)[C@H](c1cccc(F)c1)C1=C(C[C@@H](c3ccco3)CC1=O)N2. The van der Waals surface area contributed by atoms with Crippen LogP contribution in [0.4, 0.5) is 10.3 Å². The number of nitrogens with zero attached hydrogens (tertiary/aromatic N) is 3. The van der Waals surface area contributed by atoms with Gasteiger partial charge in [-0.2, -0.15) is 10.1 Å². The Balaban J connectivity index is 1.65. The van der Waals surface area contributed by atoms with Crippen LogP contribution in [0.2, 0.25) is 0 Å². The van der Waals surface area contributed by atoms with Crippen LogP contribution in [0.5, 0.6) is 0 Å². The van der Waals surface area contributed by atoms with Gasteiger partial charge in [-0.1, -0.05) is 12.1 Å². The van der Waals surface area contributed by atoms with Gasteiger partial charge in [-0.15, -0.1) is 0 Å². The van der Waals surface area contributed by atoms with Gasteiger partial charge in [-0.05, 0) is 43.2 Å². The van der Waals surface area contributed by atoms with Crippen molar-refractivity contribution in [2.24, 2.45) is 0 Å². The van der Waals surface area contributed by atoms with Crippen LogP contribution in [0.15, 0.2) is 58.3 Å². The molecular weight excluding hydrogens is 347 g/mol. The van der Waals surface area contributed by atoms with E-state index in [0.29, 0.717) is 35.8 Å². The molecule has 2 atom stereocenters. The number of hydrogen-bond acceptors (Lipinski definition) is 5. The van der Waals surface area contributed by atoms with Gasteiger partial charge in [0.05, 0.1) is 6.26 Å². The second-order valence-corrected chi connectivity index (χ2v) is 6.95. The predicted molar refractivity (Wildman–Crippen MR) is 95.6 cm³/mol. The van der Waals surface area contributed by atoms with Gasteiger partial charge in [0.2, 0.25) is 5.95 Å². The van der Waals surface area contributed by atoms with Crippen molar-refractivity contribution in [3.05, 3.63) is 76.9 Å². The maximum absolute atomic E-state index is 13.9. The minimum Gasteiger partial charge on any atom is -0.469 e. The molecule has 0 unspecified atom stereocenters. The molecule has 1 aromatic carbocycles. The number of carbonyl (C=O) groups excluding carboxylic acids is 1. The highest BCUT2D eigenvalue weighted by Gasteiger charge is 2.40. The molecule has 0 radical (unpaired) electrons. The molecule has 0 saturated carbocycles. The summed E-state index contributed by atoms with van der Waals surface area (Å²) in [5, 5.41) is 7.72. The van der Waals surface area contributed by atoms with Gasteiger partial charge >= 0.3 is 0 Å². The zero-order valence-corrected chi connectivity index (χ0v) is 14.6. The van der Waals surface area contributed by atoms with Crippen LogP contribution in [0.3, 0.4) is 0 Å². The molecule has 0 fully saturated rings. The average molecular weight is 364 g/mol. The number of ketones is 1. The number of rotatable bonds is 2. The van der Waals surface area contributed by atoms with Crippen molar-refractivity contribution in [2.45, 2.75) is 31.7 Å². The summed E-state index contributed by atoms with van der Waals surface area (Å²) in [7, 11) is 0. The Hall–Kier alpha value is -3.22. The van der Waals surface area contributed by atoms with E-state index in [9.17, 15) is 9.18 Å². The first kappa shape index (κ1) is 16.0. The predicted octanol–water partition coefficient (Wildman–Crippen LogP) is 3.73. The van der Waals surface area contributed by atoms with Gasteiger partial charge in [0.25, 0.3) is 0 Å². The lowest BCUT2D eigenvalue weighted by molar-refractivity contribution is -0.117. The molecule has 2 aromatic heterocycles. The highest BCUT2D eigenvalue weighted by molar-refractivity contribution is 6.00. The molecule has 1 aliphatic heterocycles. The normalized spacial score (nSPS) is 21.6. The van der Waals surface area contributed by atoms with Crippen molar-refractivity contribution in [1.82, 2.24) is 14.8 Å². The first-order valence-corrected chi connectivity index (χ1v) is 8.85. The summed E-state index contributed by atoms with van der Waals surface area (Å²) in [5.41, 5.74) is 2.11. The first-order valence-electron chi connectivity index (χ1n) is 8.85. The first-order chi connectivity index (χ1) is 13.1. The summed E-state index contributed by atoms with van der Waals surface area (Å²) in [6, 6.07) is 9.54. The molecule has 3 heterocycles. The lowest BCUT2D eigenvalue weighted by atomic mass is 9.79. The minimum absolute atomic E-state index is 0.0122. The molecule has 0 bridgehead atoms. The van der Waals surface area contributed by atoms with E-state index in [4.69, 9.17) is 4.42 Å². The molecule has 6 nitrogen and oxygen atoms in total. The molecular formula is C20H17FN4O2. The van der Waals surface area contributed by atoms with E-state index in [-0.39, 0.29) is 17.5 Å². The molecule has 0 spiro atoms. The summed E-state index contributed by atoms with van der Waals surface area (Å²) in [5.74, 6) is 1.59. The van der Waals surface area contributed by atoms with Crippen molar-refractivity contribution in [3.8, 4) is 0 Å². The van der Waals surface area contributed by atoms with E-state index in [0.717, 1.165) is 11.5 Å². The Morgan fingerprint density at radius 2 is 2.15 bits per heavy atom. The van der Waals surface area contributed by atoms with Crippen LogP contribution in [-0.4, -0.2) is 20.5 Å². The van der Waals surface area contributed by atoms with Crippen LogP contribution in [0.25, 0.3) is 0 Å². The van der Waals surface area contributed by atoms with E-state index in [1.54, 1.807) is 23.9 Å². The number of nitrogens with one attached hydrogen (secondary N) is 1. The lowest BCUT2D eigenvalue weighted by Crippen LogP contribution is -2.33. The van der Waals surface area contributed by atoms with E-state index in [2.05, 4.69) is 15.4 Å². The monoisotopic (exact) mass is 364 g/mol. The Kier molecular flexibility index (Phi) is 3.50. The Labute approximate surface area is 154 Å². The van der Waals surface area contributed by atoms with E-state index < -0.39 is 6.04 Å². The number of furan rings is 1. The molecule has 27 heavy (non-hydrogen) atoms. The third kappa shape index (κ3) is 2.58. The zero-order valence-electron chi connectivity index (χ0n) is 14.6. The second kappa shape index (κ2) is 5.90. The molecule has 2 aliphatic rings. The lowest BCUT2D eigenvalue weighted by Gasteiger charge is -2.34. The van der Waals surface area contributed by atoms with Crippen molar-refractivity contribution < 1.29 is 13.6 Å². The summed E-state index contributed by atoms with van der Waals surface area (Å²) >= 11 is 0. The number of aromatic nitrogens is 3. The number of Topliss-reactive ketones (excluding diaryl/α,β-unsaturated/α-hetero) is 1. The van der Waals surface area contributed by atoms with Crippen molar-refractivity contribution in [2.75, 3.05) is 5.32 Å². The molecule has 0 amide bonds. The van der Waals surface area contributed by atoms with Crippen molar-refractivity contribution in [3.63, 3.8) is 0 Å². The third-order valence-electron chi connectivity index (χ3n) is 5.14. The number of halogens is 1. The summed E-state index contributed by atoms with van der Waals surface area (Å²) < 4.78 is 21.1. The number of allylic oxidation sites excluding steroid dienone is 2. The average Bonchev–Trinajstić information content (AvgIpc) is 3.28. The molecule has 1 aliphatic carbocycles. The van der Waals surface area contributed by atoms with E-state index >= 15 is 0 Å². The van der Waals surface area contributed by atoms with Gasteiger partial charge in [-0.3, -0.25) is 4.79 Å². The fourth-order valence-electron chi connectivity index (χ4n) is 4.03. The summed E-state index contributed by atoms with van der Waals surface area (Å²) in [6.45, 7) is 1.79. The largest absolute Gasteiger partial charge is 0.469 e. The van der Waals surface area contributed by atoms with Gasteiger partial charge in [-0.25, -0.2) is 9.07 Å². The van der Waals surface area contributed by atoms with Crippen molar-refractivity contribution >= 4 is 11.7 Å². The number of benzene rings is 1. The molecule has 3 aromatic rings. The zero-order chi connectivity index (χ0) is 18.5. The molecule has 0 saturated heterocycles. The number of anilines is 1. The fraction of sp³-hybridized carbons (Fsp3) is 0.250. The number of carbonyl (C=O) groups is 1. The Bertz CT molecular complexity index is 1070.